The number of halogens is 1. The van der Waals surface area contributed by atoms with E-state index in [2.05, 4.69) is 17.1 Å². The molecule has 0 radical (unpaired) electrons. The highest BCUT2D eigenvalue weighted by molar-refractivity contribution is 6.36. The second kappa shape index (κ2) is 5.08. The number of aromatic amines is 1. The molecule has 0 atom stereocenters. The van der Waals surface area contributed by atoms with E-state index in [-0.39, 0.29) is 6.61 Å². The minimum absolute atomic E-state index is 0.109. The van der Waals surface area contributed by atoms with E-state index in [0.717, 1.165) is 32.7 Å². The van der Waals surface area contributed by atoms with Crippen molar-refractivity contribution in [3.05, 3.63) is 59.1 Å². The number of aliphatic hydroxyl groups is 1. The van der Waals surface area contributed by atoms with Crippen LogP contribution in [0.4, 0.5) is 0 Å². The van der Waals surface area contributed by atoms with Crippen molar-refractivity contribution >= 4 is 22.5 Å². The van der Waals surface area contributed by atoms with E-state index < -0.39 is 0 Å². The Bertz CT molecular complexity index is 703. The van der Waals surface area contributed by atoms with Crippen molar-refractivity contribution in [1.29, 1.82) is 0 Å². The van der Waals surface area contributed by atoms with Crippen molar-refractivity contribution in [2.45, 2.75) is 6.42 Å². The van der Waals surface area contributed by atoms with Crippen LogP contribution in [0.15, 0.2) is 48.5 Å². The van der Waals surface area contributed by atoms with Gasteiger partial charge in [-0.25, -0.2) is 0 Å². The van der Waals surface area contributed by atoms with Gasteiger partial charge in [0.1, 0.15) is 0 Å². The van der Waals surface area contributed by atoms with Gasteiger partial charge in [-0.15, -0.1) is 0 Å². The number of H-pyrrole nitrogens is 1. The number of fused-ring (bicyclic) bond motifs is 1. The smallest absolute Gasteiger partial charge is 0.0502 e. The molecule has 0 amide bonds. The first kappa shape index (κ1) is 12.3. The normalized spacial score (nSPS) is 11.1. The number of aliphatic hydroxyl groups excluding tert-OH is 1. The van der Waals surface area contributed by atoms with E-state index in [1.54, 1.807) is 0 Å². The second-order valence-corrected chi connectivity index (χ2v) is 4.89. The fourth-order valence-electron chi connectivity index (χ4n) is 2.48. The second-order valence-electron chi connectivity index (χ2n) is 4.48. The average Bonchev–Trinajstić information content (AvgIpc) is 2.81. The number of nitrogens with one attached hydrogen (secondary N) is 1. The van der Waals surface area contributed by atoms with Crippen LogP contribution in [0.3, 0.4) is 0 Å². The lowest BCUT2D eigenvalue weighted by Gasteiger charge is -2.04. The summed E-state index contributed by atoms with van der Waals surface area (Å²) in [6.45, 7) is 0.109. The molecule has 0 saturated heterocycles. The molecule has 0 saturated carbocycles. The molecule has 1 heterocycles. The fraction of sp³-hybridized carbons (Fsp3) is 0.125. The van der Waals surface area contributed by atoms with E-state index in [9.17, 15) is 5.11 Å². The highest BCUT2D eigenvalue weighted by Crippen LogP contribution is 2.34. The molecule has 0 spiro atoms. The molecule has 2 nitrogen and oxygen atoms in total. The summed E-state index contributed by atoms with van der Waals surface area (Å²) in [6.07, 6.45) is 0.591. The number of hydrogen-bond acceptors (Lipinski definition) is 1. The van der Waals surface area contributed by atoms with Gasteiger partial charge in [-0.05, 0) is 29.7 Å². The van der Waals surface area contributed by atoms with Crippen molar-refractivity contribution in [3.63, 3.8) is 0 Å². The lowest BCUT2D eigenvalue weighted by molar-refractivity contribution is 0.300. The summed E-state index contributed by atoms with van der Waals surface area (Å²) >= 11 is 6.30. The summed E-state index contributed by atoms with van der Waals surface area (Å²) in [5, 5.41) is 11.0. The van der Waals surface area contributed by atoms with Crippen LogP contribution in [0.1, 0.15) is 5.56 Å². The van der Waals surface area contributed by atoms with Crippen LogP contribution in [0.2, 0.25) is 5.02 Å². The van der Waals surface area contributed by atoms with Gasteiger partial charge in [0.2, 0.25) is 0 Å². The van der Waals surface area contributed by atoms with Crippen LogP contribution in [0.25, 0.3) is 22.2 Å². The number of aromatic nitrogens is 1. The average molecular weight is 272 g/mol. The molecule has 3 rings (SSSR count). The Kier molecular flexibility index (Phi) is 3.28. The molecule has 96 valence electrons. The van der Waals surface area contributed by atoms with Gasteiger partial charge >= 0.3 is 0 Å². The van der Waals surface area contributed by atoms with Crippen LogP contribution in [-0.2, 0) is 6.42 Å². The van der Waals surface area contributed by atoms with E-state index in [1.165, 1.54) is 0 Å². The minimum Gasteiger partial charge on any atom is -0.396 e. The Labute approximate surface area is 116 Å². The van der Waals surface area contributed by atoms with Crippen LogP contribution in [0, 0.1) is 0 Å². The molecule has 3 aromatic rings. The zero-order chi connectivity index (χ0) is 13.2. The van der Waals surface area contributed by atoms with E-state index in [4.69, 9.17) is 11.6 Å². The zero-order valence-corrected chi connectivity index (χ0v) is 11.1. The molecule has 0 aliphatic carbocycles. The van der Waals surface area contributed by atoms with Gasteiger partial charge in [-0.1, -0.05) is 48.0 Å². The molecule has 0 aliphatic heterocycles. The SMILES string of the molecule is OCCc1c(-c2ccccc2)[nH]c2cccc(Cl)c12. The number of benzene rings is 2. The van der Waals surface area contributed by atoms with Crippen LogP contribution in [0.5, 0.6) is 0 Å². The van der Waals surface area contributed by atoms with Crippen molar-refractivity contribution in [1.82, 2.24) is 4.98 Å². The Morgan fingerprint density at radius 2 is 1.79 bits per heavy atom. The third-order valence-corrected chi connectivity index (χ3v) is 3.62. The maximum Gasteiger partial charge on any atom is 0.0502 e. The molecule has 1 aromatic heterocycles. The summed E-state index contributed by atoms with van der Waals surface area (Å²) in [4.78, 5) is 3.41. The largest absolute Gasteiger partial charge is 0.396 e. The molecule has 0 aliphatic rings. The first-order valence-corrected chi connectivity index (χ1v) is 6.64. The van der Waals surface area contributed by atoms with Gasteiger partial charge in [-0.3, -0.25) is 0 Å². The highest BCUT2D eigenvalue weighted by atomic mass is 35.5. The quantitative estimate of drug-likeness (QED) is 0.741. The standard InChI is InChI=1S/C16H14ClNO/c17-13-7-4-8-14-15(13)12(9-10-19)16(18-14)11-5-2-1-3-6-11/h1-8,18-19H,9-10H2. The first-order valence-electron chi connectivity index (χ1n) is 6.26. The highest BCUT2D eigenvalue weighted by Gasteiger charge is 2.14. The molecule has 0 fully saturated rings. The van der Waals surface area contributed by atoms with Crippen molar-refractivity contribution in [3.8, 4) is 11.3 Å². The third-order valence-electron chi connectivity index (χ3n) is 3.30. The molecule has 0 unspecified atom stereocenters. The Balaban J connectivity index is 2.30. The van der Waals surface area contributed by atoms with Gasteiger partial charge in [-0.2, -0.15) is 0 Å². The van der Waals surface area contributed by atoms with E-state index in [1.807, 2.05) is 36.4 Å². The topological polar surface area (TPSA) is 36.0 Å². The monoisotopic (exact) mass is 271 g/mol. The van der Waals surface area contributed by atoms with E-state index in [0.29, 0.717) is 6.42 Å². The Morgan fingerprint density at radius 3 is 2.53 bits per heavy atom. The van der Waals surface area contributed by atoms with Crippen molar-refractivity contribution in [2.24, 2.45) is 0 Å². The van der Waals surface area contributed by atoms with Gasteiger partial charge in [0.05, 0.1) is 5.02 Å². The van der Waals surface area contributed by atoms with Gasteiger partial charge in [0.15, 0.2) is 0 Å². The van der Waals surface area contributed by atoms with Crippen molar-refractivity contribution in [2.75, 3.05) is 6.61 Å². The molecule has 2 N–H and O–H groups in total. The predicted molar refractivity (Wildman–Crippen MR) is 79.5 cm³/mol. The summed E-state index contributed by atoms with van der Waals surface area (Å²) in [7, 11) is 0. The summed E-state index contributed by atoms with van der Waals surface area (Å²) < 4.78 is 0. The van der Waals surface area contributed by atoms with E-state index >= 15 is 0 Å². The first-order chi connectivity index (χ1) is 9.31. The molecule has 19 heavy (non-hydrogen) atoms. The van der Waals surface area contributed by atoms with Gasteiger partial charge in [0.25, 0.3) is 0 Å². The number of rotatable bonds is 3. The van der Waals surface area contributed by atoms with Gasteiger partial charge < -0.3 is 10.1 Å². The Morgan fingerprint density at radius 1 is 1.00 bits per heavy atom. The minimum atomic E-state index is 0.109. The molecular formula is C16H14ClNO. The molecule has 3 heteroatoms. The summed E-state index contributed by atoms with van der Waals surface area (Å²) in [5.74, 6) is 0. The molecule has 0 bridgehead atoms. The predicted octanol–water partition coefficient (Wildman–Crippen LogP) is 4.02. The van der Waals surface area contributed by atoms with Gasteiger partial charge in [0, 0.05) is 23.2 Å². The molecular weight excluding hydrogens is 258 g/mol. The van der Waals surface area contributed by atoms with Crippen LogP contribution < -0.4 is 0 Å². The maximum absolute atomic E-state index is 9.30. The lowest BCUT2D eigenvalue weighted by atomic mass is 10.0. The summed E-state index contributed by atoms with van der Waals surface area (Å²) in [5.41, 5.74) is 4.24. The lowest BCUT2D eigenvalue weighted by Crippen LogP contribution is -1.92. The zero-order valence-electron chi connectivity index (χ0n) is 10.4. The van der Waals surface area contributed by atoms with Crippen LogP contribution >= 0.6 is 11.6 Å². The number of hydrogen-bond donors (Lipinski definition) is 2. The van der Waals surface area contributed by atoms with Crippen molar-refractivity contribution < 1.29 is 5.11 Å². The summed E-state index contributed by atoms with van der Waals surface area (Å²) in [6, 6.07) is 15.9. The van der Waals surface area contributed by atoms with Crippen LogP contribution in [-0.4, -0.2) is 16.7 Å². The molecule has 2 aromatic carbocycles. The fourth-order valence-corrected chi connectivity index (χ4v) is 2.77. The maximum atomic E-state index is 9.30. The Hall–Kier alpha value is -1.77. The third kappa shape index (κ3) is 2.14.